The molecule has 0 aliphatic rings. The van der Waals surface area contributed by atoms with Crippen LogP contribution in [0.1, 0.15) is 11.8 Å². The van der Waals surface area contributed by atoms with Gasteiger partial charge in [-0.05, 0) is 36.6 Å². The summed E-state index contributed by atoms with van der Waals surface area (Å²) in [7, 11) is 0. The Hall–Kier alpha value is -2.07. The molecule has 0 atom stereocenters. The first kappa shape index (κ1) is 13.4. The lowest BCUT2D eigenvalue weighted by atomic mass is 10.2. The van der Waals surface area contributed by atoms with Crippen molar-refractivity contribution in [1.82, 2.24) is 0 Å². The predicted octanol–water partition coefficient (Wildman–Crippen LogP) is 3.92. The van der Waals surface area contributed by atoms with Crippen molar-refractivity contribution in [2.45, 2.75) is 6.92 Å². The lowest BCUT2D eigenvalue weighted by Gasteiger charge is -2.00. The lowest BCUT2D eigenvalue weighted by molar-refractivity contribution is -0.136. The highest BCUT2D eigenvalue weighted by Crippen LogP contribution is 2.26. The summed E-state index contributed by atoms with van der Waals surface area (Å²) in [5.74, 6) is -1.09. The average molecular weight is 274 g/mol. The molecule has 1 heterocycles. The van der Waals surface area contributed by atoms with Crippen LogP contribution in [0, 0.1) is 0 Å². The SMILES string of the molecule is CCOC(=CC=Cc1cc2ccccc2s1)C(=O)O. The van der Waals surface area contributed by atoms with Crippen molar-refractivity contribution in [3.8, 4) is 0 Å². The van der Waals surface area contributed by atoms with Gasteiger partial charge in [0.25, 0.3) is 0 Å². The molecule has 0 amide bonds. The first-order valence-electron chi connectivity index (χ1n) is 5.93. The number of rotatable bonds is 5. The zero-order valence-corrected chi connectivity index (χ0v) is 11.3. The molecule has 0 unspecified atom stereocenters. The smallest absolute Gasteiger partial charge is 0.371 e. The van der Waals surface area contributed by atoms with Crippen LogP contribution in [-0.4, -0.2) is 17.7 Å². The third kappa shape index (κ3) is 3.45. The second kappa shape index (κ2) is 6.20. The van der Waals surface area contributed by atoms with E-state index in [1.807, 2.05) is 18.2 Å². The molecule has 0 fully saturated rings. The normalized spacial score (nSPS) is 12.2. The first-order chi connectivity index (χ1) is 9.20. The van der Waals surface area contributed by atoms with Crippen LogP contribution in [0.2, 0.25) is 0 Å². The Balaban J connectivity index is 2.17. The molecule has 0 saturated carbocycles. The van der Waals surface area contributed by atoms with Crippen LogP contribution in [0.15, 0.2) is 48.2 Å². The van der Waals surface area contributed by atoms with Crippen molar-refractivity contribution in [3.63, 3.8) is 0 Å². The van der Waals surface area contributed by atoms with Gasteiger partial charge >= 0.3 is 5.97 Å². The maximum Gasteiger partial charge on any atom is 0.371 e. The van der Waals surface area contributed by atoms with E-state index in [-0.39, 0.29) is 5.76 Å². The minimum absolute atomic E-state index is 0.0418. The largest absolute Gasteiger partial charge is 0.487 e. The van der Waals surface area contributed by atoms with Crippen molar-refractivity contribution in [2.75, 3.05) is 6.61 Å². The Kier molecular flexibility index (Phi) is 4.36. The number of allylic oxidation sites excluding steroid dienone is 2. The molecular weight excluding hydrogens is 260 g/mol. The molecule has 2 rings (SSSR count). The summed E-state index contributed by atoms with van der Waals surface area (Å²) in [6.07, 6.45) is 5.05. The van der Waals surface area contributed by atoms with Crippen molar-refractivity contribution in [2.24, 2.45) is 0 Å². The van der Waals surface area contributed by atoms with E-state index in [0.717, 1.165) is 4.88 Å². The summed E-state index contributed by atoms with van der Waals surface area (Å²) in [5, 5.41) is 10.1. The summed E-state index contributed by atoms with van der Waals surface area (Å²) in [5.41, 5.74) is 0. The van der Waals surface area contributed by atoms with Crippen LogP contribution < -0.4 is 0 Å². The van der Waals surface area contributed by atoms with Gasteiger partial charge < -0.3 is 9.84 Å². The number of fused-ring (bicyclic) bond motifs is 1. The van der Waals surface area contributed by atoms with Crippen molar-refractivity contribution >= 4 is 33.5 Å². The number of hydrogen-bond acceptors (Lipinski definition) is 3. The van der Waals surface area contributed by atoms with Crippen LogP contribution in [0.5, 0.6) is 0 Å². The number of thiophene rings is 1. The molecule has 0 spiro atoms. The number of hydrogen-bond donors (Lipinski definition) is 1. The summed E-state index contributed by atoms with van der Waals surface area (Å²) in [4.78, 5) is 11.9. The van der Waals surface area contributed by atoms with Gasteiger partial charge in [-0.3, -0.25) is 0 Å². The van der Waals surface area contributed by atoms with Crippen molar-refractivity contribution in [3.05, 3.63) is 53.1 Å². The molecule has 0 aliphatic heterocycles. The monoisotopic (exact) mass is 274 g/mol. The Labute approximate surface area is 115 Å². The maximum atomic E-state index is 10.8. The fourth-order valence-corrected chi connectivity index (χ4v) is 2.63. The molecule has 0 radical (unpaired) electrons. The van der Waals surface area contributed by atoms with Crippen LogP contribution in [-0.2, 0) is 9.53 Å². The molecule has 98 valence electrons. The molecule has 1 aromatic heterocycles. The number of benzene rings is 1. The van der Waals surface area contributed by atoms with Crippen LogP contribution in [0.25, 0.3) is 16.2 Å². The van der Waals surface area contributed by atoms with E-state index in [1.54, 1.807) is 24.3 Å². The number of carboxylic acids is 1. The summed E-state index contributed by atoms with van der Waals surface area (Å²) in [6.45, 7) is 2.10. The van der Waals surface area contributed by atoms with E-state index >= 15 is 0 Å². The third-order valence-electron chi connectivity index (χ3n) is 2.46. The van der Waals surface area contributed by atoms with E-state index < -0.39 is 5.97 Å². The van der Waals surface area contributed by atoms with Gasteiger partial charge in [-0.15, -0.1) is 11.3 Å². The Morgan fingerprint density at radius 1 is 1.42 bits per heavy atom. The Bertz CT molecular complexity index is 605. The van der Waals surface area contributed by atoms with Gasteiger partial charge in [0.1, 0.15) is 0 Å². The van der Waals surface area contributed by atoms with E-state index in [4.69, 9.17) is 9.84 Å². The van der Waals surface area contributed by atoms with Gasteiger partial charge in [-0.1, -0.05) is 24.3 Å². The third-order valence-corrected chi connectivity index (χ3v) is 3.54. The quantitative estimate of drug-likeness (QED) is 0.510. The summed E-state index contributed by atoms with van der Waals surface area (Å²) in [6, 6.07) is 10.2. The van der Waals surface area contributed by atoms with E-state index in [2.05, 4.69) is 18.2 Å². The molecule has 2 aromatic rings. The predicted molar refractivity (Wildman–Crippen MR) is 78.2 cm³/mol. The molecule has 19 heavy (non-hydrogen) atoms. The van der Waals surface area contributed by atoms with Gasteiger partial charge in [0.15, 0.2) is 0 Å². The van der Waals surface area contributed by atoms with Gasteiger partial charge in [0.2, 0.25) is 5.76 Å². The van der Waals surface area contributed by atoms with Gasteiger partial charge in [-0.2, -0.15) is 0 Å². The molecule has 0 aliphatic carbocycles. The highest BCUT2D eigenvalue weighted by molar-refractivity contribution is 7.19. The first-order valence-corrected chi connectivity index (χ1v) is 6.75. The number of ether oxygens (including phenoxy) is 1. The van der Waals surface area contributed by atoms with Crippen molar-refractivity contribution in [1.29, 1.82) is 0 Å². The second-order valence-electron chi connectivity index (χ2n) is 3.81. The summed E-state index contributed by atoms with van der Waals surface area (Å²) < 4.78 is 6.23. The highest BCUT2D eigenvalue weighted by Gasteiger charge is 2.05. The molecule has 4 heteroatoms. The van der Waals surface area contributed by atoms with Gasteiger partial charge in [0, 0.05) is 9.58 Å². The standard InChI is InChI=1S/C15H14O3S/c1-2-18-13(15(16)17)8-5-7-12-10-11-6-3-4-9-14(11)19-12/h3-10H,2H2,1H3,(H,16,17). The number of carboxylic acid groups (broad SMARTS) is 1. The minimum atomic E-state index is -1.05. The fourth-order valence-electron chi connectivity index (χ4n) is 1.65. The second-order valence-corrected chi connectivity index (χ2v) is 4.93. The van der Waals surface area contributed by atoms with Crippen LogP contribution in [0.4, 0.5) is 0 Å². The molecule has 1 N–H and O–H groups in total. The average Bonchev–Trinajstić information content (AvgIpc) is 2.80. The van der Waals surface area contributed by atoms with Crippen molar-refractivity contribution < 1.29 is 14.6 Å². The Morgan fingerprint density at radius 2 is 2.21 bits per heavy atom. The van der Waals surface area contributed by atoms with E-state index in [0.29, 0.717) is 6.61 Å². The topological polar surface area (TPSA) is 46.5 Å². The Morgan fingerprint density at radius 3 is 2.89 bits per heavy atom. The molecule has 1 aromatic carbocycles. The molecule has 0 saturated heterocycles. The number of carbonyl (C=O) groups is 1. The lowest BCUT2D eigenvalue weighted by Crippen LogP contribution is -2.04. The highest BCUT2D eigenvalue weighted by atomic mass is 32.1. The molecule has 3 nitrogen and oxygen atoms in total. The molecular formula is C15H14O3S. The number of aliphatic carboxylic acids is 1. The van der Waals surface area contributed by atoms with Gasteiger partial charge in [-0.25, -0.2) is 4.79 Å². The zero-order chi connectivity index (χ0) is 13.7. The van der Waals surface area contributed by atoms with Gasteiger partial charge in [0.05, 0.1) is 6.61 Å². The van der Waals surface area contributed by atoms with E-state index in [1.165, 1.54) is 16.2 Å². The zero-order valence-electron chi connectivity index (χ0n) is 10.5. The summed E-state index contributed by atoms with van der Waals surface area (Å²) >= 11 is 1.67. The van der Waals surface area contributed by atoms with Crippen LogP contribution >= 0.6 is 11.3 Å². The fraction of sp³-hybridized carbons (Fsp3) is 0.133. The minimum Gasteiger partial charge on any atom is -0.487 e. The molecule has 0 bridgehead atoms. The van der Waals surface area contributed by atoms with E-state index in [9.17, 15) is 4.79 Å². The maximum absolute atomic E-state index is 10.8. The van der Waals surface area contributed by atoms with Crippen LogP contribution in [0.3, 0.4) is 0 Å².